The zero-order valence-corrected chi connectivity index (χ0v) is 12.7. The molecule has 1 aromatic heterocycles. The summed E-state index contributed by atoms with van der Waals surface area (Å²) in [7, 11) is 0. The maximum Gasteiger partial charge on any atom is 0.192 e. The summed E-state index contributed by atoms with van der Waals surface area (Å²) >= 11 is 1.46. The first-order chi connectivity index (χ1) is 9.60. The number of halogens is 1. The van der Waals surface area contributed by atoms with Gasteiger partial charge in [-0.1, -0.05) is 6.92 Å². The zero-order chi connectivity index (χ0) is 14.5. The second-order valence-electron chi connectivity index (χ2n) is 4.61. The lowest BCUT2D eigenvalue weighted by molar-refractivity contribution is 0.574. The Kier molecular flexibility index (Phi) is 5.09. The Morgan fingerprint density at radius 1 is 1.30 bits per heavy atom. The quantitative estimate of drug-likeness (QED) is 0.852. The van der Waals surface area contributed by atoms with E-state index in [4.69, 9.17) is 0 Å². The number of nitrogens with zero attached hydrogens (tertiary/aromatic N) is 2. The summed E-state index contributed by atoms with van der Waals surface area (Å²) in [5.41, 5.74) is 1.95. The Balaban J connectivity index is 2.28. The molecule has 0 aliphatic rings. The van der Waals surface area contributed by atoms with Crippen LogP contribution in [0, 0.1) is 12.7 Å². The molecule has 5 heteroatoms. The number of aromatic nitrogens is 2. The van der Waals surface area contributed by atoms with Crippen molar-refractivity contribution in [1.82, 2.24) is 15.3 Å². The van der Waals surface area contributed by atoms with Gasteiger partial charge in [0.05, 0.1) is 0 Å². The maximum absolute atomic E-state index is 13.5. The van der Waals surface area contributed by atoms with Gasteiger partial charge in [-0.15, -0.1) is 0 Å². The molecular weight excluding hydrogens is 273 g/mol. The summed E-state index contributed by atoms with van der Waals surface area (Å²) in [6.45, 7) is 6.85. The van der Waals surface area contributed by atoms with Crippen LogP contribution in [0.1, 0.15) is 31.0 Å². The molecule has 0 spiro atoms. The fraction of sp³-hybridized carbons (Fsp3) is 0.333. The summed E-state index contributed by atoms with van der Waals surface area (Å²) in [5, 5.41) is 3.98. The van der Waals surface area contributed by atoms with Crippen LogP contribution in [0.2, 0.25) is 0 Å². The first-order valence-corrected chi connectivity index (χ1v) is 7.41. The average Bonchev–Trinajstić information content (AvgIpc) is 2.43. The SMILES string of the molecule is CCNC(C)c1cc(F)ccc1Sc1ncc(C)cn1. The zero-order valence-electron chi connectivity index (χ0n) is 11.9. The van der Waals surface area contributed by atoms with Crippen molar-refractivity contribution in [3.63, 3.8) is 0 Å². The molecule has 0 saturated carbocycles. The Morgan fingerprint density at radius 2 is 2.00 bits per heavy atom. The van der Waals surface area contributed by atoms with Gasteiger partial charge in [0.1, 0.15) is 5.82 Å². The van der Waals surface area contributed by atoms with E-state index in [2.05, 4.69) is 15.3 Å². The van der Waals surface area contributed by atoms with E-state index in [0.29, 0.717) is 5.16 Å². The van der Waals surface area contributed by atoms with Gasteiger partial charge in [0.25, 0.3) is 0 Å². The maximum atomic E-state index is 13.5. The number of aryl methyl sites for hydroxylation is 1. The van der Waals surface area contributed by atoms with Crippen molar-refractivity contribution >= 4 is 11.8 Å². The smallest absolute Gasteiger partial charge is 0.192 e. The highest BCUT2D eigenvalue weighted by Gasteiger charge is 2.13. The lowest BCUT2D eigenvalue weighted by atomic mass is 10.1. The summed E-state index contributed by atoms with van der Waals surface area (Å²) in [6.07, 6.45) is 3.57. The Bertz CT molecular complexity index is 572. The van der Waals surface area contributed by atoms with Gasteiger partial charge in [-0.3, -0.25) is 0 Å². The van der Waals surface area contributed by atoms with Crippen molar-refractivity contribution in [2.24, 2.45) is 0 Å². The molecular formula is C15H18FN3S. The van der Waals surface area contributed by atoms with Crippen LogP contribution in [0.15, 0.2) is 40.6 Å². The molecule has 20 heavy (non-hydrogen) atoms. The van der Waals surface area contributed by atoms with Gasteiger partial charge in [0.15, 0.2) is 5.16 Å². The largest absolute Gasteiger partial charge is 0.310 e. The highest BCUT2D eigenvalue weighted by molar-refractivity contribution is 7.99. The van der Waals surface area contributed by atoms with Gasteiger partial charge in [-0.2, -0.15) is 0 Å². The second kappa shape index (κ2) is 6.81. The van der Waals surface area contributed by atoms with Gasteiger partial charge < -0.3 is 5.32 Å². The van der Waals surface area contributed by atoms with Crippen molar-refractivity contribution in [3.05, 3.63) is 47.5 Å². The first kappa shape index (κ1) is 14.9. The molecule has 2 aromatic rings. The van der Waals surface area contributed by atoms with Crippen LogP contribution in [0.4, 0.5) is 4.39 Å². The topological polar surface area (TPSA) is 37.8 Å². The van der Waals surface area contributed by atoms with Crippen molar-refractivity contribution < 1.29 is 4.39 Å². The van der Waals surface area contributed by atoms with E-state index in [9.17, 15) is 4.39 Å². The number of rotatable bonds is 5. The first-order valence-electron chi connectivity index (χ1n) is 6.59. The molecule has 1 aromatic carbocycles. The van der Waals surface area contributed by atoms with Crippen LogP contribution in [0.3, 0.4) is 0 Å². The molecule has 0 fully saturated rings. The Morgan fingerprint density at radius 3 is 2.65 bits per heavy atom. The van der Waals surface area contributed by atoms with Crippen molar-refractivity contribution in [1.29, 1.82) is 0 Å². The minimum atomic E-state index is -0.223. The molecule has 2 rings (SSSR count). The summed E-state index contributed by atoms with van der Waals surface area (Å²) in [5.74, 6) is -0.223. The standard InChI is InChI=1S/C15H18FN3S/c1-4-17-11(3)13-7-12(16)5-6-14(13)20-15-18-8-10(2)9-19-15/h5-9,11,17H,4H2,1-3H3. The predicted molar refractivity (Wildman–Crippen MR) is 79.4 cm³/mol. The molecule has 106 valence electrons. The molecule has 1 heterocycles. The molecule has 0 bridgehead atoms. The van der Waals surface area contributed by atoms with Gasteiger partial charge >= 0.3 is 0 Å². The molecule has 3 nitrogen and oxygen atoms in total. The van der Waals surface area contributed by atoms with Crippen LogP contribution >= 0.6 is 11.8 Å². The minimum absolute atomic E-state index is 0.0867. The van der Waals surface area contributed by atoms with E-state index in [1.54, 1.807) is 24.5 Å². The lowest BCUT2D eigenvalue weighted by Crippen LogP contribution is -2.18. The Hall–Kier alpha value is -1.46. The fourth-order valence-corrected chi connectivity index (χ4v) is 2.80. The van der Waals surface area contributed by atoms with Gasteiger partial charge in [-0.25, -0.2) is 14.4 Å². The minimum Gasteiger partial charge on any atom is -0.310 e. The van der Waals surface area contributed by atoms with Crippen LogP contribution in [0.25, 0.3) is 0 Å². The summed E-state index contributed by atoms with van der Waals surface area (Å²) < 4.78 is 13.5. The third kappa shape index (κ3) is 3.77. The monoisotopic (exact) mass is 291 g/mol. The van der Waals surface area contributed by atoms with Gasteiger partial charge in [0, 0.05) is 23.3 Å². The van der Waals surface area contributed by atoms with Crippen molar-refractivity contribution in [2.45, 2.75) is 36.9 Å². The predicted octanol–water partition coefficient (Wildman–Crippen LogP) is 3.75. The number of nitrogens with one attached hydrogen (secondary N) is 1. The van der Waals surface area contributed by atoms with Gasteiger partial charge in [-0.05, 0) is 61.5 Å². The highest BCUT2D eigenvalue weighted by atomic mass is 32.2. The molecule has 0 amide bonds. The van der Waals surface area contributed by atoms with E-state index >= 15 is 0 Å². The molecule has 0 aliphatic heterocycles. The average molecular weight is 291 g/mol. The van der Waals surface area contributed by atoms with Gasteiger partial charge in [0.2, 0.25) is 0 Å². The molecule has 1 N–H and O–H groups in total. The summed E-state index contributed by atoms with van der Waals surface area (Å²) in [4.78, 5) is 9.54. The number of benzene rings is 1. The van der Waals surface area contributed by atoms with E-state index < -0.39 is 0 Å². The van der Waals surface area contributed by atoms with E-state index in [0.717, 1.165) is 22.6 Å². The molecule has 0 saturated heterocycles. The van der Waals surface area contributed by atoms with Crippen molar-refractivity contribution in [2.75, 3.05) is 6.54 Å². The fourth-order valence-electron chi connectivity index (χ4n) is 1.90. The lowest BCUT2D eigenvalue weighted by Gasteiger charge is -2.16. The third-order valence-corrected chi connectivity index (χ3v) is 3.89. The molecule has 1 unspecified atom stereocenters. The second-order valence-corrected chi connectivity index (χ2v) is 5.62. The van der Waals surface area contributed by atoms with Crippen molar-refractivity contribution in [3.8, 4) is 0 Å². The van der Waals surface area contributed by atoms with Crippen LogP contribution in [-0.2, 0) is 0 Å². The van der Waals surface area contributed by atoms with E-state index in [1.165, 1.54) is 17.8 Å². The molecule has 1 atom stereocenters. The van der Waals surface area contributed by atoms with Crippen LogP contribution < -0.4 is 5.32 Å². The number of hydrogen-bond acceptors (Lipinski definition) is 4. The van der Waals surface area contributed by atoms with E-state index in [1.807, 2.05) is 20.8 Å². The van der Waals surface area contributed by atoms with Crippen LogP contribution in [0.5, 0.6) is 0 Å². The van der Waals surface area contributed by atoms with E-state index in [-0.39, 0.29) is 11.9 Å². The highest BCUT2D eigenvalue weighted by Crippen LogP contribution is 2.31. The molecule has 0 aliphatic carbocycles. The summed E-state index contributed by atoms with van der Waals surface area (Å²) in [6, 6.07) is 4.92. The Labute approximate surface area is 123 Å². The third-order valence-electron chi connectivity index (χ3n) is 2.91. The number of hydrogen-bond donors (Lipinski definition) is 1. The normalized spacial score (nSPS) is 12.4. The van der Waals surface area contributed by atoms with Crippen LogP contribution in [-0.4, -0.2) is 16.5 Å². The molecule has 0 radical (unpaired) electrons.